The number of nitrogens with one attached hydrogen (secondary N) is 1. The Balaban J connectivity index is 2.48. The molecule has 0 aliphatic rings. The molecule has 1 unspecified atom stereocenters. The number of rotatable bonds is 3. The Morgan fingerprint density at radius 1 is 1.33 bits per heavy atom. The van der Waals surface area contributed by atoms with Gasteiger partial charge in [0.2, 0.25) is 0 Å². The first-order chi connectivity index (χ1) is 8.54. The zero-order valence-electron chi connectivity index (χ0n) is 10.7. The van der Waals surface area contributed by atoms with Crippen molar-refractivity contribution in [2.75, 3.05) is 0 Å². The summed E-state index contributed by atoms with van der Waals surface area (Å²) < 4.78 is 14.9. The molecule has 0 saturated carbocycles. The van der Waals surface area contributed by atoms with Gasteiger partial charge in [0.15, 0.2) is 0 Å². The Hall–Kier alpha value is -1.72. The number of hydrogen-bond donors (Lipinski definition) is 2. The monoisotopic (exact) mass is 248 g/mol. The third-order valence-corrected chi connectivity index (χ3v) is 3.29. The molecular formula is C13H17FN4. The van der Waals surface area contributed by atoms with Crippen molar-refractivity contribution in [2.45, 2.75) is 19.9 Å². The lowest BCUT2D eigenvalue weighted by Crippen LogP contribution is -2.29. The van der Waals surface area contributed by atoms with Crippen molar-refractivity contribution in [1.29, 1.82) is 0 Å². The summed E-state index contributed by atoms with van der Waals surface area (Å²) >= 11 is 0. The van der Waals surface area contributed by atoms with Gasteiger partial charge in [0.1, 0.15) is 5.82 Å². The van der Waals surface area contributed by atoms with Gasteiger partial charge in [0.25, 0.3) is 0 Å². The van der Waals surface area contributed by atoms with Crippen LogP contribution in [-0.4, -0.2) is 9.78 Å². The van der Waals surface area contributed by atoms with E-state index in [1.807, 2.05) is 20.9 Å². The van der Waals surface area contributed by atoms with E-state index in [-0.39, 0.29) is 11.9 Å². The molecule has 1 aromatic carbocycles. The molecule has 3 N–H and O–H groups in total. The van der Waals surface area contributed by atoms with Crippen LogP contribution in [0.5, 0.6) is 0 Å². The predicted octanol–water partition coefficient (Wildman–Crippen LogP) is 1.73. The normalized spacial score (nSPS) is 12.7. The van der Waals surface area contributed by atoms with Crippen LogP contribution in [-0.2, 0) is 7.05 Å². The van der Waals surface area contributed by atoms with Gasteiger partial charge in [-0.25, -0.2) is 9.82 Å². The number of nitrogens with zero attached hydrogens (tertiary/aromatic N) is 2. The van der Waals surface area contributed by atoms with Crippen LogP contribution < -0.4 is 11.3 Å². The van der Waals surface area contributed by atoms with Crippen molar-refractivity contribution in [1.82, 2.24) is 15.2 Å². The predicted molar refractivity (Wildman–Crippen MR) is 68.2 cm³/mol. The average Bonchev–Trinajstić information content (AvgIpc) is 2.65. The van der Waals surface area contributed by atoms with Crippen LogP contribution in [0.1, 0.15) is 28.4 Å². The maximum Gasteiger partial charge on any atom is 0.123 e. The maximum absolute atomic E-state index is 13.1. The molecule has 1 atom stereocenters. The number of halogens is 1. The van der Waals surface area contributed by atoms with Gasteiger partial charge in [-0.15, -0.1) is 0 Å². The van der Waals surface area contributed by atoms with Gasteiger partial charge in [-0.05, 0) is 37.1 Å². The molecule has 4 nitrogen and oxygen atoms in total. The Bertz CT molecular complexity index is 562. The molecule has 0 fully saturated rings. The summed E-state index contributed by atoms with van der Waals surface area (Å²) in [7, 11) is 1.88. The SMILES string of the molecule is Cc1cc(F)ccc1C(NN)c1cnn(C)c1C. The smallest absolute Gasteiger partial charge is 0.123 e. The van der Waals surface area contributed by atoms with E-state index in [0.29, 0.717) is 0 Å². The third kappa shape index (κ3) is 2.14. The molecule has 0 bridgehead atoms. The summed E-state index contributed by atoms with van der Waals surface area (Å²) in [5.41, 5.74) is 6.61. The minimum Gasteiger partial charge on any atom is -0.273 e. The summed E-state index contributed by atoms with van der Waals surface area (Å²) in [6.07, 6.45) is 1.78. The molecule has 1 heterocycles. The lowest BCUT2D eigenvalue weighted by Gasteiger charge is -2.18. The van der Waals surface area contributed by atoms with Gasteiger partial charge >= 0.3 is 0 Å². The molecule has 0 radical (unpaired) electrons. The zero-order chi connectivity index (χ0) is 13.3. The number of nitrogens with two attached hydrogens (primary N) is 1. The first-order valence-corrected chi connectivity index (χ1v) is 5.75. The molecule has 5 heteroatoms. The van der Waals surface area contributed by atoms with Gasteiger partial charge in [-0.3, -0.25) is 10.5 Å². The van der Waals surface area contributed by atoms with E-state index in [1.165, 1.54) is 12.1 Å². The van der Waals surface area contributed by atoms with Crippen molar-refractivity contribution in [3.63, 3.8) is 0 Å². The molecule has 0 spiro atoms. The molecule has 2 rings (SSSR count). The summed E-state index contributed by atoms with van der Waals surface area (Å²) in [5, 5.41) is 4.20. The van der Waals surface area contributed by atoms with Crippen LogP contribution in [0.4, 0.5) is 4.39 Å². The van der Waals surface area contributed by atoms with Crippen LogP contribution in [0.25, 0.3) is 0 Å². The van der Waals surface area contributed by atoms with Gasteiger partial charge in [0, 0.05) is 18.3 Å². The minimum absolute atomic E-state index is 0.181. The van der Waals surface area contributed by atoms with Crippen molar-refractivity contribution < 1.29 is 4.39 Å². The molecule has 0 aliphatic heterocycles. The van der Waals surface area contributed by atoms with Gasteiger partial charge in [-0.2, -0.15) is 5.10 Å². The summed E-state index contributed by atoms with van der Waals surface area (Å²) in [5.74, 6) is 5.40. The van der Waals surface area contributed by atoms with Crippen molar-refractivity contribution >= 4 is 0 Å². The van der Waals surface area contributed by atoms with Crippen LogP contribution in [0.2, 0.25) is 0 Å². The highest BCUT2D eigenvalue weighted by Crippen LogP contribution is 2.26. The van der Waals surface area contributed by atoms with Crippen LogP contribution in [0.3, 0.4) is 0 Å². The molecule has 0 amide bonds. The van der Waals surface area contributed by atoms with Crippen LogP contribution in [0, 0.1) is 19.7 Å². The summed E-state index contributed by atoms with van der Waals surface area (Å²) in [6, 6.07) is 4.52. The molecule has 0 saturated heterocycles. The summed E-state index contributed by atoms with van der Waals surface area (Å²) in [4.78, 5) is 0. The van der Waals surface area contributed by atoms with E-state index in [2.05, 4.69) is 10.5 Å². The Morgan fingerprint density at radius 2 is 2.06 bits per heavy atom. The second-order valence-corrected chi connectivity index (χ2v) is 4.41. The fourth-order valence-corrected chi connectivity index (χ4v) is 2.11. The second kappa shape index (κ2) is 4.88. The standard InChI is InChI=1S/C13H17FN4/c1-8-6-10(14)4-5-11(8)13(17-15)12-7-16-18(3)9(12)2/h4-7,13,17H,15H2,1-3H3. The van der Waals surface area contributed by atoms with Crippen molar-refractivity contribution in [3.8, 4) is 0 Å². The highest BCUT2D eigenvalue weighted by atomic mass is 19.1. The molecule has 0 aliphatic carbocycles. The molecular weight excluding hydrogens is 231 g/mol. The molecule has 1 aromatic heterocycles. The highest BCUT2D eigenvalue weighted by Gasteiger charge is 2.19. The van der Waals surface area contributed by atoms with Gasteiger partial charge in [-0.1, -0.05) is 6.07 Å². The molecule has 96 valence electrons. The molecule has 2 aromatic rings. The summed E-state index contributed by atoms with van der Waals surface area (Å²) in [6.45, 7) is 3.85. The fraction of sp³-hybridized carbons (Fsp3) is 0.308. The number of benzene rings is 1. The molecule has 18 heavy (non-hydrogen) atoms. The largest absolute Gasteiger partial charge is 0.273 e. The topological polar surface area (TPSA) is 55.9 Å². The zero-order valence-corrected chi connectivity index (χ0v) is 10.7. The number of aryl methyl sites for hydroxylation is 2. The number of aromatic nitrogens is 2. The minimum atomic E-state index is -0.241. The Morgan fingerprint density at radius 3 is 2.56 bits per heavy atom. The Kier molecular flexibility index (Phi) is 3.45. The van der Waals surface area contributed by atoms with E-state index >= 15 is 0 Å². The fourth-order valence-electron chi connectivity index (χ4n) is 2.11. The lowest BCUT2D eigenvalue weighted by atomic mass is 9.96. The van der Waals surface area contributed by atoms with Gasteiger partial charge < -0.3 is 0 Å². The highest BCUT2D eigenvalue weighted by molar-refractivity contribution is 5.37. The average molecular weight is 248 g/mol. The quantitative estimate of drug-likeness (QED) is 0.642. The van der Waals surface area contributed by atoms with E-state index in [4.69, 9.17) is 5.84 Å². The maximum atomic E-state index is 13.1. The van der Waals surface area contributed by atoms with Gasteiger partial charge in [0.05, 0.1) is 12.2 Å². The van der Waals surface area contributed by atoms with E-state index in [1.54, 1.807) is 16.9 Å². The first kappa shape index (κ1) is 12.7. The van der Waals surface area contributed by atoms with E-state index < -0.39 is 0 Å². The van der Waals surface area contributed by atoms with Crippen molar-refractivity contribution in [2.24, 2.45) is 12.9 Å². The van der Waals surface area contributed by atoms with E-state index in [9.17, 15) is 4.39 Å². The Labute approximate surface area is 106 Å². The number of hydrogen-bond acceptors (Lipinski definition) is 3. The lowest BCUT2D eigenvalue weighted by molar-refractivity contribution is 0.609. The third-order valence-electron chi connectivity index (χ3n) is 3.29. The first-order valence-electron chi connectivity index (χ1n) is 5.75. The van der Waals surface area contributed by atoms with E-state index in [0.717, 1.165) is 22.4 Å². The number of hydrazine groups is 1. The van der Waals surface area contributed by atoms with Crippen molar-refractivity contribution in [3.05, 3.63) is 52.6 Å². The van der Waals surface area contributed by atoms with Crippen LogP contribution in [0.15, 0.2) is 24.4 Å². The second-order valence-electron chi connectivity index (χ2n) is 4.41. The van der Waals surface area contributed by atoms with Crippen LogP contribution >= 0.6 is 0 Å².